The van der Waals surface area contributed by atoms with Crippen LogP contribution in [-0.4, -0.2) is 39.8 Å². The maximum absolute atomic E-state index is 13.0. The molecule has 7 nitrogen and oxygen atoms in total. The van der Waals surface area contributed by atoms with Gasteiger partial charge in [0.1, 0.15) is 12.1 Å². The smallest absolute Gasteiger partial charge is 0.323 e. The summed E-state index contributed by atoms with van der Waals surface area (Å²) in [6.07, 6.45) is 3.47. The van der Waals surface area contributed by atoms with Gasteiger partial charge in [-0.15, -0.1) is 11.3 Å². The highest BCUT2D eigenvalue weighted by molar-refractivity contribution is 9.10. The fourth-order valence-electron chi connectivity index (χ4n) is 4.03. The number of nitrogens with zero attached hydrogens (tertiary/aromatic N) is 2. The number of amides is 4. The molecular weight excluding hydrogens is 456 g/mol. The summed E-state index contributed by atoms with van der Waals surface area (Å²) in [4.78, 5) is 43.3. The number of carbonyl (C=O) groups is 3. The van der Waals surface area contributed by atoms with Crippen LogP contribution in [0.4, 0.5) is 9.93 Å². The maximum Gasteiger partial charge on any atom is 0.325 e. The van der Waals surface area contributed by atoms with Crippen molar-refractivity contribution >= 4 is 50.2 Å². The molecule has 4 amide bonds. The topological polar surface area (TPSA) is 91.4 Å². The molecule has 2 aromatic rings. The van der Waals surface area contributed by atoms with Crippen molar-refractivity contribution in [2.24, 2.45) is 5.92 Å². The van der Waals surface area contributed by atoms with Crippen LogP contribution in [0.3, 0.4) is 0 Å². The number of hydrogen-bond donors (Lipinski definition) is 2. The molecule has 1 saturated carbocycles. The first-order valence-electron chi connectivity index (χ1n) is 9.54. The van der Waals surface area contributed by atoms with Crippen LogP contribution in [0.1, 0.15) is 32.6 Å². The Morgan fingerprint density at radius 2 is 2.10 bits per heavy atom. The van der Waals surface area contributed by atoms with E-state index in [0.717, 1.165) is 39.9 Å². The monoisotopic (exact) mass is 476 g/mol. The number of benzene rings is 1. The van der Waals surface area contributed by atoms with E-state index in [2.05, 4.69) is 31.5 Å². The SMILES string of the molecule is CC1CCCCC12NC(=O)N(CC(=O)Nc1nc(-c3ccc(Br)cc3)cs1)C2=O. The first kappa shape index (κ1) is 20.0. The summed E-state index contributed by atoms with van der Waals surface area (Å²) in [5.41, 5.74) is 0.834. The Morgan fingerprint density at radius 1 is 1.34 bits per heavy atom. The minimum Gasteiger partial charge on any atom is -0.323 e. The summed E-state index contributed by atoms with van der Waals surface area (Å²) in [5.74, 6) is -0.668. The van der Waals surface area contributed by atoms with E-state index in [1.54, 1.807) is 0 Å². The average molecular weight is 477 g/mol. The highest BCUT2D eigenvalue weighted by Gasteiger charge is 2.55. The summed E-state index contributed by atoms with van der Waals surface area (Å²) in [6.45, 7) is 1.67. The van der Waals surface area contributed by atoms with Gasteiger partial charge in [-0.05, 0) is 30.9 Å². The normalized spacial score (nSPS) is 24.1. The third-order valence-electron chi connectivity index (χ3n) is 5.69. The number of urea groups is 1. The fourth-order valence-corrected chi connectivity index (χ4v) is 5.03. The lowest BCUT2D eigenvalue weighted by Crippen LogP contribution is -2.54. The van der Waals surface area contributed by atoms with Gasteiger partial charge in [0.25, 0.3) is 5.91 Å². The average Bonchev–Trinajstić information content (AvgIpc) is 3.24. The number of thiazole rings is 1. The molecule has 152 valence electrons. The molecular formula is C20H21BrN4O3S. The fraction of sp³-hybridized carbons (Fsp3) is 0.400. The molecule has 1 aromatic carbocycles. The van der Waals surface area contributed by atoms with Crippen LogP contribution in [0.2, 0.25) is 0 Å². The molecule has 2 fully saturated rings. The number of nitrogens with one attached hydrogen (secondary N) is 2. The summed E-state index contributed by atoms with van der Waals surface area (Å²) in [6, 6.07) is 7.22. The number of hydrogen-bond acceptors (Lipinski definition) is 5. The molecule has 2 unspecified atom stereocenters. The van der Waals surface area contributed by atoms with Gasteiger partial charge in [-0.2, -0.15) is 0 Å². The minimum absolute atomic E-state index is 0.0631. The van der Waals surface area contributed by atoms with Gasteiger partial charge in [-0.3, -0.25) is 14.5 Å². The number of halogens is 1. The summed E-state index contributed by atoms with van der Waals surface area (Å²) >= 11 is 4.70. The molecule has 1 aliphatic heterocycles. The second-order valence-electron chi connectivity index (χ2n) is 7.53. The van der Waals surface area contributed by atoms with Gasteiger partial charge < -0.3 is 10.6 Å². The second kappa shape index (κ2) is 7.87. The van der Waals surface area contributed by atoms with Crippen LogP contribution in [0.15, 0.2) is 34.1 Å². The molecule has 1 spiro atoms. The van der Waals surface area contributed by atoms with Gasteiger partial charge in [0.15, 0.2) is 5.13 Å². The maximum atomic E-state index is 13.0. The van der Waals surface area contributed by atoms with Crippen LogP contribution >= 0.6 is 27.3 Å². The lowest BCUT2D eigenvalue weighted by Gasteiger charge is -2.36. The number of aromatic nitrogens is 1. The Balaban J connectivity index is 1.42. The third kappa shape index (κ3) is 3.81. The molecule has 2 atom stereocenters. The number of imide groups is 1. The van der Waals surface area contributed by atoms with Crippen LogP contribution < -0.4 is 10.6 Å². The van der Waals surface area contributed by atoms with Crippen LogP contribution in [0.25, 0.3) is 11.3 Å². The van der Waals surface area contributed by atoms with Crippen molar-refractivity contribution in [3.05, 3.63) is 34.1 Å². The van der Waals surface area contributed by atoms with E-state index in [9.17, 15) is 14.4 Å². The van der Waals surface area contributed by atoms with E-state index >= 15 is 0 Å². The van der Waals surface area contributed by atoms with Crippen LogP contribution in [-0.2, 0) is 9.59 Å². The van der Waals surface area contributed by atoms with E-state index < -0.39 is 17.5 Å². The molecule has 2 N–H and O–H groups in total. The van der Waals surface area contributed by atoms with Crippen LogP contribution in [0, 0.1) is 5.92 Å². The zero-order chi connectivity index (χ0) is 20.6. The lowest BCUT2D eigenvalue weighted by molar-refractivity contribution is -0.136. The van der Waals surface area contributed by atoms with Crippen LogP contribution in [0.5, 0.6) is 0 Å². The highest BCUT2D eigenvalue weighted by Crippen LogP contribution is 2.38. The summed E-state index contributed by atoms with van der Waals surface area (Å²) < 4.78 is 0.976. The zero-order valence-electron chi connectivity index (χ0n) is 15.9. The summed E-state index contributed by atoms with van der Waals surface area (Å²) in [7, 11) is 0. The molecule has 2 aliphatic rings. The Labute approximate surface area is 181 Å². The van der Waals surface area contributed by atoms with Crippen molar-refractivity contribution in [2.75, 3.05) is 11.9 Å². The first-order chi connectivity index (χ1) is 13.9. The Bertz CT molecular complexity index is 961. The standard InChI is InChI=1S/C20H21BrN4O3S/c1-12-4-2-3-9-20(12)17(27)25(19(28)24-20)10-16(26)23-18-22-15(11-29-18)13-5-7-14(21)8-6-13/h5-8,11-12H,2-4,9-10H2,1H3,(H,24,28)(H,22,23,26). The predicted molar refractivity (Wildman–Crippen MR) is 114 cm³/mol. The molecule has 4 rings (SSSR count). The van der Waals surface area contributed by atoms with Crippen molar-refractivity contribution in [2.45, 2.75) is 38.1 Å². The molecule has 1 saturated heterocycles. The predicted octanol–water partition coefficient (Wildman–Crippen LogP) is 4.01. The van der Waals surface area contributed by atoms with Gasteiger partial charge in [0, 0.05) is 15.4 Å². The van der Waals surface area contributed by atoms with Gasteiger partial charge in [-0.1, -0.05) is 47.8 Å². The van der Waals surface area contributed by atoms with Gasteiger partial charge in [0.05, 0.1) is 5.69 Å². The van der Waals surface area contributed by atoms with Crippen molar-refractivity contribution in [1.82, 2.24) is 15.2 Å². The van der Waals surface area contributed by atoms with Crippen molar-refractivity contribution < 1.29 is 14.4 Å². The first-order valence-corrected chi connectivity index (χ1v) is 11.2. The molecule has 0 bridgehead atoms. The number of anilines is 1. The van der Waals surface area contributed by atoms with Crippen molar-refractivity contribution in [3.8, 4) is 11.3 Å². The van der Waals surface area contributed by atoms with E-state index in [4.69, 9.17) is 0 Å². The third-order valence-corrected chi connectivity index (χ3v) is 6.98. The van der Waals surface area contributed by atoms with Gasteiger partial charge in [-0.25, -0.2) is 9.78 Å². The van der Waals surface area contributed by atoms with Gasteiger partial charge in [0.2, 0.25) is 5.91 Å². The zero-order valence-corrected chi connectivity index (χ0v) is 18.3. The molecule has 1 aromatic heterocycles. The highest BCUT2D eigenvalue weighted by atomic mass is 79.9. The Morgan fingerprint density at radius 3 is 2.83 bits per heavy atom. The molecule has 2 heterocycles. The van der Waals surface area contributed by atoms with Crippen molar-refractivity contribution in [1.29, 1.82) is 0 Å². The number of rotatable bonds is 4. The van der Waals surface area contributed by atoms with E-state index in [0.29, 0.717) is 11.6 Å². The molecule has 0 radical (unpaired) electrons. The van der Waals surface area contributed by atoms with E-state index in [1.165, 1.54) is 11.3 Å². The Kier molecular flexibility index (Phi) is 5.44. The largest absolute Gasteiger partial charge is 0.325 e. The van der Waals surface area contributed by atoms with E-state index in [-0.39, 0.29) is 18.4 Å². The molecule has 29 heavy (non-hydrogen) atoms. The molecule has 1 aliphatic carbocycles. The summed E-state index contributed by atoms with van der Waals surface area (Å²) in [5, 5.41) is 7.84. The quantitative estimate of drug-likeness (QED) is 0.651. The minimum atomic E-state index is -0.856. The van der Waals surface area contributed by atoms with Crippen molar-refractivity contribution in [3.63, 3.8) is 0 Å². The number of carbonyl (C=O) groups excluding carboxylic acids is 3. The molecule has 9 heteroatoms. The Hall–Kier alpha value is -2.26. The lowest BCUT2D eigenvalue weighted by atomic mass is 9.73. The second-order valence-corrected chi connectivity index (χ2v) is 9.31. The van der Waals surface area contributed by atoms with Gasteiger partial charge >= 0.3 is 6.03 Å². The van der Waals surface area contributed by atoms with E-state index in [1.807, 2.05) is 36.6 Å².